The Hall–Kier alpha value is -2.67. The van der Waals surface area contributed by atoms with Crippen molar-refractivity contribution in [3.05, 3.63) is 41.2 Å². The van der Waals surface area contributed by atoms with Crippen LogP contribution in [-0.2, 0) is 9.59 Å². The summed E-state index contributed by atoms with van der Waals surface area (Å²) in [6, 6.07) is 8.11. The number of nitrogens with zero attached hydrogens (tertiary/aromatic N) is 2. The number of hydrogen-bond acceptors (Lipinski definition) is 3. The molecule has 0 radical (unpaired) electrons. The largest absolute Gasteiger partial charge is 0.369 e. The second-order valence-corrected chi connectivity index (χ2v) is 7.46. The highest BCUT2D eigenvalue weighted by atomic mass is 16.2. The monoisotopic (exact) mass is 370 g/mol. The smallest absolute Gasteiger partial charge is 0.279 e. The number of amides is 2. The number of quaternary nitrogens is 1. The number of carbonyl (C=O) groups excluding carboxylic acids is 2. The van der Waals surface area contributed by atoms with Crippen LogP contribution in [0.2, 0.25) is 0 Å². The first-order valence-electron chi connectivity index (χ1n) is 9.41. The maximum absolute atomic E-state index is 12.6. The molecule has 0 aliphatic carbocycles. The summed E-state index contributed by atoms with van der Waals surface area (Å²) in [6.07, 6.45) is 1.74. The summed E-state index contributed by atoms with van der Waals surface area (Å²) >= 11 is 0. The molecule has 2 heterocycles. The molecule has 7 heteroatoms. The maximum atomic E-state index is 12.6. The molecule has 144 valence electrons. The van der Waals surface area contributed by atoms with Gasteiger partial charge in [0.2, 0.25) is 5.91 Å². The van der Waals surface area contributed by atoms with Crippen LogP contribution >= 0.6 is 0 Å². The first-order chi connectivity index (χ1) is 12.8. The van der Waals surface area contributed by atoms with Crippen LogP contribution in [0.25, 0.3) is 5.69 Å². The van der Waals surface area contributed by atoms with Gasteiger partial charge in [-0.05, 0) is 45.7 Å². The summed E-state index contributed by atoms with van der Waals surface area (Å²) < 4.78 is 1.85. The minimum atomic E-state index is -0.265. The molecule has 0 saturated carbocycles. The number of benzene rings is 1. The van der Waals surface area contributed by atoms with Crippen LogP contribution in [0, 0.1) is 26.7 Å². The fourth-order valence-electron chi connectivity index (χ4n) is 3.73. The van der Waals surface area contributed by atoms with Crippen molar-refractivity contribution in [2.24, 2.45) is 11.7 Å². The number of hydrogen-bond donors (Lipinski definition) is 3. The number of likely N-dealkylation sites (tertiary alicyclic amines) is 1. The van der Waals surface area contributed by atoms with E-state index in [1.165, 1.54) is 5.56 Å². The Morgan fingerprint density at radius 3 is 2.63 bits per heavy atom. The van der Waals surface area contributed by atoms with Gasteiger partial charge in [0.25, 0.3) is 5.91 Å². The Bertz CT molecular complexity index is 841. The number of aromatic nitrogens is 2. The molecule has 1 unspecified atom stereocenters. The lowest BCUT2D eigenvalue weighted by Gasteiger charge is -2.27. The van der Waals surface area contributed by atoms with E-state index in [4.69, 9.17) is 5.73 Å². The molecule has 1 aromatic carbocycles. The van der Waals surface area contributed by atoms with Crippen molar-refractivity contribution in [3.8, 4) is 5.69 Å². The van der Waals surface area contributed by atoms with Crippen molar-refractivity contribution in [1.82, 2.24) is 9.78 Å². The van der Waals surface area contributed by atoms with Crippen molar-refractivity contribution in [3.63, 3.8) is 0 Å². The molecular formula is C20H28N5O2+. The van der Waals surface area contributed by atoms with Crippen LogP contribution in [-0.4, -0.2) is 41.2 Å². The van der Waals surface area contributed by atoms with Crippen molar-refractivity contribution < 1.29 is 14.5 Å². The Morgan fingerprint density at radius 2 is 1.96 bits per heavy atom. The highest BCUT2D eigenvalue weighted by Gasteiger charge is 2.28. The lowest BCUT2D eigenvalue weighted by atomic mass is 9.97. The van der Waals surface area contributed by atoms with Crippen molar-refractivity contribution in [2.75, 3.05) is 25.0 Å². The summed E-state index contributed by atoms with van der Waals surface area (Å²) in [5, 5.41) is 7.59. The molecule has 0 spiro atoms. The number of anilines is 1. The van der Waals surface area contributed by atoms with E-state index in [1.807, 2.05) is 49.7 Å². The van der Waals surface area contributed by atoms with Crippen LogP contribution in [0.3, 0.4) is 0 Å². The Morgan fingerprint density at radius 1 is 1.26 bits per heavy atom. The molecule has 1 saturated heterocycles. The fraction of sp³-hybridized carbons (Fsp3) is 0.450. The Kier molecular flexibility index (Phi) is 5.60. The number of primary amides is 1. The molecule has 2 atom stereocenters. The molecule has 27 heavy (non-hydrogen) atoms. The van der Waals surface area contributed by atoms with Gasteiger partial charge in [0.05, 0.1) is 41.8 Å². The topological polar surface area (TPSA) is 94.4 Å². The third kappa shape index (κ3) is 4.36. The van der Waals surface area contributed by atoms with E-state index in [2.05, 4.69) is 10.4 Å². The number of nitrogens with two attached hydrogens (primary N) is 1. The van der Waals surface area contributed by atoms with Crippen molar-refractivity contribution >= 4 is 17.5 Å². The van der Waals surface area contributed by atoms with E-state index < -0.39 is 0 Å². The van der Waals surface area contributed by atoms with Gasteiger partial charge < -0.3 is 16.0 Å². The average Bonchev–Trinajstić information content (AvgIpc) is 2.91. The zero-order valence-corrected chi connectivity index (χ0v) is 16.2. The number of aryl methyl sites for hydroxylation is 2. The summed E-state index contributed by atoms with van der Waals surface area (Å²) in [6.45, 7) is 7.73. The average molecular weight is 370 g/mol. The molecular weight excluding hydrogens is 342 g/mol. The van der Waals surface area contributed by atoms with E-state index in [0.717, 1.165) is 47.0 Å². The first-order valence-corrected chi connectivity index (χ1v) is 9.41. The van der Waals surface area contributed by atoms with Gasteiger partial charge in [0, 0.05) is 0 Å². The van der Waals surface area contributed by atoms with Gasteiger partial charge >= 0.3 is 0 Å². The SMILES string of the molecule is Cc1ccc(-n2nc(C)c(NC(=O)C[NH+]3CCC[C@@H](C(N)=O)C3)c2C)cc1. The third-order valence-electron chi connectivity index (χ3n) is 5.27. The zero-order chi connectivity index (χ0) is 19.6. The molecule has 1 fully saturated rings. The summed E-state index contributed by atoms with van der Waals surface area (Å²) in [5.74, 6) is -0.460. The van der Waals surface area contributed by atoms with E-state index in [1.54, 1.807) is 0 Å². The number of piperidine rings is 1. The van der Waals surface area contributed by atoms with E-state index >= 15 is 0 Å². The molecule has 0 bridgehead atoms. The molecule has 1 aromatic heterocycles. The molecule has 3 rings (SSSR count). The van der Waals surface area contributed by atoms with E-state index in [0.29, 0.717) is 13.1 Å². The number of nitrogens with one attached hydrogen (secondary N) is 2. The second kappa shape index (κ2) is 7.92. The van der Waals surface area contributed by atoms with Crippen LogP contribution in [0.5, 0.6) is 0 Å². The van der Waals surface area contributed by atoms with Crippen LogP contribution in [0.4, 0.5) is 5.69 Å². The highest BCUT2D eigenvalue weighted by Crippen LogP contribution is 2.22. The molecule has 1 aliphatic rings. The molecule has 4 N–H and O–H groups in total. The van der Waals surface area contributed by atoms with E-state index in [-0.39, 0.29) is 17.7 Å². The van der Waals surface area contributed by atoms with Gasteiger partial charge in [-0.2, -0.15) is 5.10 Å². The van der Waals surface area contributed by atoms with Gasteiger partial charge in [0.1, 0.15) is 0 Å². The predicted molar refractivity (Wildman–Crippen MR) is 104 cm³/mol. The molecule has 7 nitrogen and oxygen atoms in total. The van der Waals surface area contributed by atoms with Crippen LogP contribution < -0.4 is 16.0 Å². The minimum absolute atomic E-state index is 0.0650. The Balaban J connectivity index is 1.69. The van der Waals surface area contributed by atoms with Crippen LogP contribution in [0.15, 0.2) is 24.3 Å². The predicted octanol–water partition coefficient (Wildman–Crippen LogP) is 0.516. The summed E-state index contributed by atoms with van der Waals surface area (Å²) in [5.41, 5.74) is 10.0. The third-order valence-corrected chi connectivity index (χ3v) is 5.27. The van der Waals surface area contributed by atoms with E-state index in [9.17, 15) is 9.59 Å². The van der Waals surface area contributed by atoms with Gasteiger partial charge in [-0.3, -0.25) is 9.59 Å². The Labute approximate surface area is 159 Å². The van der Waals surface area contributed by atoms with Gasteiger partial charge in [-0.15, -0.1) is 0 Å². The van der Waals surface area contributed by atoms with Crippen molar-refractivity contribution in [2.45, 2.75) is 33.6 Å². The zero-order valence-electron chi connectivity index (χ0n) is 16.2. The van der Waals surface area contributed by atoms with Crippen LogP contribution in [0.1, 0.15) is 29.8 Å². The van der Waals surface area contributed by atoms with Crippen molar-refractivity contribution in [1.29, 1.82) is 0 Å². The number of rotatable bonds is 5. The second-order valence-electron chi connectivity index (χ2n) is 7.46. The lowest BCUT2D eigenvalue weighted by molar-refractivity contribution is -0.899. The fourth-order valence-corrected chi connectivity index (χ4v) is 3.73. The molecule has 1 aliphatic heterocycles. The van der Waals surface area contributed by atoms with Gasteiger partial charge in [0.15, 0.2) is 6.54 Å². The number of carbonyl (C=O) groups is 2. The van der Waals surface area contributed by atoms with Gasteiger partial charge in [-0.1, -0.05) is 17.7 Å². The molecule has 2 aromatic rings. The van der Waals surface area contributed by atoms with Gasteiger partial charge in [-0.25, -0.2) is 4.68 Å². The quantitative estimate of drug-likeness (QED) is 0.716. The standard InChI is InChI=1S/C20H27N5O2/c1-13-6-8-17(9-7-13)25-15(3)19(14(2)23-25)22-18(26)12-24-10-4-5-16(11-24)20(21)27/h6-9,16H,4-5,10-12H2,1-3H3,(H2,21,27)(H,22,26)/p+1/t16-/m1/s1. The minimum Gasteiger partial charge on any atom is -0.369 e. The lowest BCUT2D eigenvalue weighted by Crippen LogP contribution is -3.14. The highest BCUT2D eigenvalue weighted by molar-refractivity contribution is 5.92. The summed E-state index contributed by atoms with van der Waals surface area (Å²) in [7, 11) is 0. The summed E-state index contributed by atoms with van der Waals surface area (Å²) in [4.78, 5) is 25.1. The normalized spacial score (nSPS) is 19.7. The first kappa shape index (κ1) is 19.1. The molecule has 2 amide bonds. The maximum Gasteiger partial charge on any atom is 0.279 e.